The lowest BCUT2D eigenvalue weighted by Crippen LogP contribution is -2.42. The Kier molecular flexibility index (Phi) is 7.20. The molecule has 0 unspecified atom stereocenters. The molecular formula is C24H24F3N3O3. The number of carbonyl (C=O) groups excluding carboxylic acids is 1. The van der Waals surface area contributed by atoms with Crippen molar-refractivity contribution in [2.75, 3.05) is 13.2 Å². The van der Waals surface area contributed by atoms with Crippen LogP contribution in [0, 0.1) is 0 Å². The Balaban J connectivity index is 1.77. The molecule has 1 aromatic carbocycles. The third kappa shape index (κ3) is 5.60. The number of hydrogen-bond acceptors (Lipinski definition) is 4. The lowest BCUT2D eigenvalue weighted by Gasteiger charge is -2.28. The van der Waals surface area contributed by atoms with Crippen LogP contribution in [-0.4, -0.2) is 39.6 Å². The number of pyridine rings is 2. The van der Waals surface area contributed by atoms with E-state index in [1.807, 2.05) is 19.1 Å². The molecule has 0 fully saturated rings. The molecule has 0 N–H and O–H groups in total. The first-order valence-electron chi connectivity index (χ1n) is 10.3. The van der Waals surface area contributed by atoms with Gasteiger partial charge in [0.1, 0.15) is 6.61 Å². The largest absolute Gasteiger partial charge is 0.475 e. The summed E-state index contributed by atoms with van der Waals surface area (Å²) in [5, 5.41) is 0. The molecular weight excluding hydrogens is 435 g/mol. The van der Waals surface area contributed by atoms with E-state index in [-0.39, 0.29) is 30.0 Å². The lowest BCUT2D eigenvalue weighted by molar-refractivity contribution is -0.137. The molecule has 0 spiro atoms. The summed E-state index contributed by atoms with van der Waals surface area (Å²) in [5.74, 6) is -0.178. The Morgan fingerprint density at radius 3 is 2.48 bits per heavy atom. The van der Waals surface area contributed by atoms with Crippen LogP contribution in [0.2, 0.25) is 0 Å². The van der Waals surface area contributed by atoms with Crippen LogP contribution in [0.5, 0.6) is 5.88 Å². The molecule has 2 aromatic heterocycles. The number of halogens is 3. The fourth-order valence-corrected chi connectivity index (χ4v) is 3.41. The molecule has 0 aliphatic rings. The van der Waals surface area contributed by atoms with E-state index in [2.05, 4.69) is 4.98 Å². The molecule has 1 atom stereocenters. The third-order valence-corrected chi connectivity index (χ3v) is 5.22. The summed E-state index contributed by atoms with van der Waals surface area (Å²) in [5.41, 5.74) is 0.880. The Morgan fingerprint density at radius 1 is 1.15 bits per heavy atom. The summed E-state index contributed by atoms with van der Waals surface area (Å²) >= 11 is 0. The van der Waals surface area contributed by atoms with Gasteiger partial charge in [0.2, 0.25) is 11.4 Å². The fraction of sp³-hybridized carbons (Fsp3) is 0.292. The predicted molar refractivity (Wildman–Crippen MR) is 118 cm³/mol. The van der Waals surface area contributed by atoms with Crippen LogP contribution in [0.1, 0.15) is 29.8 Å². The average molecular weight is 459 g/mol. The van der Waals surface area contributed by atoms with E-state index in [0.29, 0.717) is 23.9 Å². The van der Waals surface area contributed by atoms with Crippen LogP contribution in [0.25, 0.3) is 11.1 Å². The first-order chi connectivity index (χ1) is 15.6. The van der Waals surface area contributed by atoms with Gasteiger partial charge in [-0.15, -0.1) is 0 Å². The maximum atomic E-state index is 13.4. The molecule has 33 heavy (non-hydrogen) atoms. The zero-order valence-corrected chi connectivity index (χ0v) is 18.5. The van der Waals surface area contributed by atoms with Crippen molar-refractivity contribution in [2.45, 2.75) is 26.1 Å². The number of ether oxygens (including phenoxy) is 1. The zero-order valence-electron chi connectivity index (χ0n) is 18.5. The maximum absolute atomic E-state index is 13.4. The number of amides is 1. The molecule has 0 saturated heterocycles. The maximum Gasteiger partial charge on any atom is 0.417 e. The van der Waals surface area contributed by atoms with Gasteiger partial charge in [0.05, 0.1) is 11.6 Å². The second-order valence-electron chi connectivity index (χ2n) is 7.55. The minimum absolute atomic E-state index is 0.0453. The van der Waals surface area contributed by atoms with Crippen LogP contribution in [0.3, 0.4) is 0 Å². The van der Waals surface area contributed by atoms with E-state index < -0.39 is 11.7 Å². The van der Waals surface area contributed by atoms with Crippen molar-refractivity contribution >= 4 is 5.91 Å². The summed E-state index contributed by atoms with van der Waals surface area (Å²) in [7, 11) is 1.64. The quantitative estimate of drug-likeness (QED) is 0.526. The Bertz CT molecular complexity index is 1170. The molecule has 0 aliphatic carbocycles. The molecule has 0 saturated carbocycles. The van der Waals surface area contributed by atoms with Gasteiger partial charge in [-0.25, -0.2) is 4.98 Å². The van der Waals surface area contributed by atoms with E-state index in [1.54, 1.807) is 43.3 Å². The van der Waals surface area contributed by atoms with Crippen molar-refractivity contribution < 1.29 is 22.7 Å². The van der Waals surface area contributed by atoms with Gasteiger partial charge in [-0.3, -0.25) is 9.59 Å². The monoisotopic (exact) mass is 459 g/mol. The van der Waals surface area contributed by atoms with Crippen molar-refractivity contribution in [3.63, 3.8) is 0 Å². The lowest BCUT2D eigenvalue weighted by atomic mass is 9.99. The average Bonchev–Trinajstić information content (AvgIpc) is 2.79. The Hall–Kier alpha value is -3.62. The standard InChI is InChI=1S/C24H24F3N3O3/c1-4-30(16(2)15-33-21-11-10-18(13-28-21)24(25,26)27)23(32)20-8-6-5-7-19(20)17-9-12-22(31)29(3)14-17/h5-14,16H,4,15H2,1-3H3/t16-/m0/s1. The van der Waals surface area contributed by atoms with E-state index >= 15 is 0 Å². The summed E-state index contributed by atoms with van der Waals surface area (Å²) < 4.78 is 45.1. The van der Waals surface area contributed by atoms with Crippen LogP contribution < -0.4 is 10.3 Å². The Labute approximate surface area is 189 Å². The Morgan fingerprint density at radius 2 is 1.88 bits per heavy atom. The van der Waals surface area contributed by atoms with Gasteiger partial charge in [-0.05, 0) is 43.2 Å². The number of nitrogens with zero attached hydrogens (tertiary/aromatic N) is 3. The van der Waals surface area contributed by atoms with Gasteiger partial charge in [-0.2, -0.15) is 13.2 Å². The summed E-state index contributed by atoms with van der Waals surface area (Å²) in [6, 6.07) is 11.9. The summed E-state index contributed by atoms with van der Waals surface area (Å²) in [4.78, 5) is 30.4. The zero-order chi connectivity index (χ0) is 24.2. The van der Waals surface area contributed by atoms with Gasteiger partial charge < -0.3 is 14.2 Å². The first kappa shape index (κ1) is 24.0. The number of aryl methyl sites for hydroxylation is 1. The summed E-state index contributed by atoms with van der Waals surface area (Å²) in [6.07, 6.45) is -2.08. The predicted octanol–water partition coefficient (Wildman–Crippen LogP) is 4.40. The van der Waals surface area contributed by atoms with E-state index in [9.17, 15) is 22.8 Å². The molecule has 174 valence electrons. The SMILES string of the molecule is CCN(C(=O)c1ccccc1-c1ccc(=O)n(C)c1)[C@@H](C)COc1ccc(C(F)(F)F)cn1. The highest BCUT2D eigenvalue weighted by Crippen LogP contribution is 2.29. The molecule has 0 aliphatic heterocycles. The van der Waals surface area contributed by atoms with Gasteiger partial charge in [0.25, 0.3) is 5.91 Å². The van der Waals surface area contributed by atoms with Crippen LogP contribution in [-0.2, 0) is 13.2 Å². The van der Waals surface area contributed by atoms with Crippen LogP contribution in [0.15, 0.2) is 65.7 Å². The molecule has 3 rings (SSSR count). The molecule has 0 radical (unpaired) electrons. The van der Waals surface area contributed by atoms with Gasteiger partial charge in [0, 0.05) is 43.7 Å². The normalized spacial score (nSPS) is 12.3. The number of likely N-dealkylation sites (N-methyl/N-ethyl adjacent to an activating group) is 1. The van der Waals surface area contributed by atoms with Crippen molar-refractivity contribution in [3.8, 4) is 17.0 Å². The van der Waals surface area contributed by atoms with Crippen LogP contribution in [0.4, 0.5) is 13.2 Å². The fourth-order valence-electron chi connectivity index (χ4n) is 3.41. The molecule has 0 bridgehead atoms. The van der Waals surface area contributed by atoms with E-state index in [4.69, 9.17) is 4.74 Å². The van der Waals surface area contributed by atoms with Gasteiger partial charge in [0.15, 0.2) is 0 Å². The molecule has 6 nitrogen and oxygen atoms in total. The van der Waals surface area contributed by atoms with Gasteiger partial charge >= 0.3 is 6.18 Å². The molecule has 2 heterocycles. The number of alkyl halides is 3. The number of aromatic nitrogens is 2. The highest BCUT2D eigenvalue weighted by Gasteiger charge is 2.31. The van der Waals surface area contributed by atoms with Crippen molar-refractivity contribution in [1.29, 1.82) is 0 Å². The number of hydrogen-bond donors (Lipinski definition) is 0. The molecule has 1 amide bonds. The topological polar surface area (TPSA) is 64.4 Å². The van der Waals surface area contributed by atoms with Crippen molar-refractivity contribution in [2.24, 2.45) is 7.05 Å². The highest BCUT2D eigenvalue weighted by atomic mass is 19.4. The number of benzene rings is 1. The second kappa shape index (κ2) is 9.89. The van der Waals surface area contributed by atoms with Crippen molar-refractivity contribution in [1.82, 2.24) is 14.5 Å². The third-order valence-electron chi connectivity index (χ3n) is 5.22. The van der Waals surface area contributed by atoms with Gasteiger partial charge in [-0.1, -0.05) is 18.2 Å². The minimum Gasteiger partial charge on any atom is -0.475 e. The number of carbonyl (C=O) groups is 1. The number of rotatable bonds is 7. The first-order valence-corrected chi connectivity index (χ1v) is 10.3. The smallest absolute Gasteiger partial charge is 0.417 e. The van der Waals surface area contributed by atoms with Crippen molar-refractivity contribution in [3.05, 3.63) is 82.4 Å². The summed E-state index contributed by atoms with van der Waals surface area (Å²) in [6.45, 7) is 4.07. The highest BCUT2D eigenvalue weighted by molar-refractivity contribution is 6.01. The molecule has 3 aromatic rings. The molecule has 9 heteroatoms. The minimum atomic E-state index is -4.47. The second-order valence-corrected chi connectivity index (χ2v) is 7.55. The van der Waals surface area contributed by atoms with E-state index in [1.165, 1.54) is 10.6 Å². The van der Waals surface area contributed by atoms with Crippen LogP contribution >= 0.6 is 0 Å². The van der Waals surface area contributed by atoms with E-state index in [0.717, 1.165) is 17.7 Å².